The lowest BCUT2D eigenvalue weighted by Gasteiger charge is -2.38. The number of rotatable bonds is 10. The molecule has 234 valence electrons. The van der Waals surface area contributed by atoms with Crippen LogP contribution >= 0.6 is 0 Å². The van der Waals surface area contributed by atoms with Crippen molar-refractivity contribution >= 4 is 11.8 Å². The van der Waals surface area contributed by atoms with Gasteiger partial charge in [0, 0.05) is 44.5 Å². The van der Waals surface area contributed by atoms with Gasteiger partial charge in [-0.15, -0.1) is 0 Å². The first-order chi connectivity index (χ1) is 20.4. The Kier molecular flexibility index (Phi) is 10.9. The fraction of sp³-hybridized carbons (Fsp3) is 0.600. The number of carbonyl (C=O) groups excluding carboxylic acids is 1. The monoisotopic (exact) mass is 592 g/mol. The van der Waals surface area contributed by atoms with Gasteiger partial charge in [0.25, 0.3) is 0 Å². The van der Waals surface area contributed by atoms with Gasteiger partial charge in [0.2, 0.25) is 0 Å². The minimum atomic E-state index is -0.523. The summed E-state index contributed by atoms with van der Waals surface area (Å²) in [5.74, 6) is 0.667. The maximum absolute atomic E-state index is 14.3. The van der Waals surface area contributed by atoms with E-state index in [1.807, 2.05) is 52.8 Å². The lowest BCUT2D eigenvalue weighted by Crippen LogP contribution is -2.46. The number of likely N-dealkylation sites (tertiary alicyclic amines) is 1. The number of halogens is 1. The molecule has 0 aromatic heterocycles. The fourth-order valence-electron chi connectivity index (χ4n) is 6.22. The zero-order valence-corrected chi connectivity index (χ0v) is 26.6. The number of anilines is 1. The minimum Gasteiger partial charge on any atom is -0.491 e. The molecule has 0 bridgehead atoms. The number of nitrogens with one attached hydrogen (secondary N) is 1. The summed E-state index contributed by atoms with van der Waals surface area (Å²) in [6.45, 7) is 13.8. The number of hydrogen-bond donors (Lipinski definition) is 1. The normalized spacial score (nSPS) is 17.9. The van der Waals surface area contributed by atoms with Crippen LogP contribution in [-0.2, 0) is 17.7 Å². The molecule has 2 aromatic rings. The van der Waals surface area contributed by atoms with Crippen molar-refractivity contribution in [3.8, 4) is 11.8 Å². The molecule has 2 aliphatic rings. The van der Waals surface area contributed by atoms with E-state index in [2.05, 4.69) is 33.3 Å². The van der Waals surface area contributed by atoms with Crippen LogP contribution in [0.1, 0.15) is 84.3 Å². The Morgan fingerprint density at radius 2 is 1.84 bits per heavy atom. The van der Waals surface area contributed by atoms with E-state index >= 15 is 0 Å². The summed E-state index contributed by atoms with van der Waals surface area (Å²) in [4.78, 5) is 16.9. The highest BCUT2D eigenvalue weighted by Crippen LogP contribution is 2.37. The van der Waals surface area contributed by atoms with Crippen molar-refractivity contribution in [2.24, 2.45) is 5.41 Å². The predicted octanol–water partition coefficient (Wildman–Crippen LogP) is 7.24. The molecule has 0 atom stereocenters. The third-order valence-corrected chi connectivity index (χ3v) is 8.43. The molecule has 2 heterocycles. The molecule has 4 rings (SSSR count). The first-order valence-electron chi connectivity index (χ1n) is 15.9. The Morgan fingerprint density at radius 1 is 1.12 bits per heavy atom. The Morgan fingerprint density at radius 3 is 2.49 bits per heavy atom. The van der Waals surface area contributed by atoms with E-state index in [1.165, 1.54) is 11.6 Å². The number of ether oxygens (including phenoxy) is 2. The van der Waals surface area contributed by atoms with Gasteiger partial charge < -0.3 is 19.7 Å². The Balaban J connectivity index is 1.27. The highest BCUT2D eigenvalue weighted by Gasteiger charge is 2.34. The second kappa shape index (κ2) is 14.4. The van der Waals surface area contributed by atoms with Crippen molar-refractivity contribution in [2.45, 2.75) is 104 Å². The number of carbonyl (C=O) groups is 1. The van der Waals surface area contributed by atoms with Crippen molar-refractivity contribution in [3.05, 3.63) is 59.4 Å². The van der Waals surface area contributed by atoms with Crippen LogP contribution in [0.2, 0.25) is 0 Å². The first kappa shape index (κ1) is 32.6. The van der Waals surface area contributed by atoms with E-state index in [0.29, 0.717) is 0 Å². The molecule has 0 radical (unpaired) electrons. The van der Waals surface area contributed by atoms with Crippen molar-refractivity contribution in [1.29, 1.82) is 5.26 Å². The maximum atomic E-state index is 14.3. The fourth-order valence-corrected chi connectivity index (χ4v) is 6.22. The van der Waals surface area contributed by atoms with E-state index in [9.17, 15) is 14.4 Å². The van der Waals surface area contributed by atoms with E-state index in [0.717, 1.165) is 94.7 Å². The molecule has 0 spiro atoms. The van der Waals surface area contributed by atoms with Crippen LogP contribution in [0.3, 0.4) is 0 Å². The second-order valence-corrected chi connectivity index (χ2v) is 13.5. The maximum Gasteiger partial charge on any atom is 0.407 e. The molecule has 2 saturated heterocycles. The third-order valence-electron chi connectivity index (χ3n) is 8.43. The summed E-state index contributed by atoms with van der Waals surface area (Å²) >= 11 is 0. The van der Waals surface area contributed by atoms with Gasteiger partial charge in [-0.05, 0) is 121 Å². The number of amides is 1. The van der Waals surface area contributed by atoms with Gasteiger partial charge in [-0.2, -0.15) is 5.26 Å². The molecule has 2 aliphatic heterocycles. The van der Waals surface area contributed by atoms with E-state index in [4.69, 9.17) is 9.47 Å². The van der Waals surface area contributed by atoms with Crippen LogP contribution in [0, 0.1) is 22.6 Å². The van der Waals surface area contributed by atoms with Gasteiger partial charge in [-0.1, -0.05) is 12.1 Å². The van der Waals surface area contributed by atoms with Crippen LogP contribution in [0.4, 0.5) is 14.9 Å². The van der Waals surface area contributed by atoms with Crippen molar-refractivity contribution in [2.75, 3.05) is 31.1 Å². The topological polar surface area (TPSA) is 77.8 Å². The van der Waals surface area contributed by atoms with Crippen LogP contribution in [0.25, 0.3) is 0 Å². The number of piperidine rings is 2. The van der Waals surface area contributed by atoms with Crippen molar-refractivity contribution < 1.29 is 18.7 Å². The summed E-state index contributed by atoms with van der Waals surface area (Å²) < 4.78 is 25.6. The average Bonchev–Trinajstić information content (AvgIpc) is 2.94. The third kappa shape index (κ3) is 9.86. The highest BCUT2D eigenvalue weighted by molar-refractivity contribution is 5.68. The van der Waals surface area contributed by atoms with E-state index < -0.39 is 5.60 Å². The molecule has 2 aromatic carbocycles. The number of hydrogen-bond acceptors (Lipinski definition) is 6. The van der Waals surface area contributed by atoms with Gasteiger partial charge in [0.05, 0.1) is 17.6 Å². The Hall–Kier alpha value is -3.31. The lowest BCUT2D eigenvalue weighted by molar-refractivity contribution is 0.0497. The summed E-state index contributed by atoms with van der Waals surface area (Å²) in [6, 6.07) is 16.1. The number of nitriles is 1. The van der Waals surface area contributed by atoms with Gasteiger partial charge in [-0.25, -0.2) is 9.18 Å². The molecule has 8 heteroatoms. The zero-order valence-electron chi connectivity index (χ0n) is 26.6. The standard InChI is InChI=1S/C35H49FN4O3/c1-26(2)42-31-10-6-8-27(22-31)24-39-20-16-35(25-37,17-21-39)15-7-9-28-23-29(36)11-12-32(28)40-18-13-30(14-19-40)38-33(41)43-34(3,4)5/h6,8,10-12,22-23,26,30H,7,9,13-21,24H2,1-5H3,(H,38,41). The smallest absolute Gasteiger partial charge is 0.407 e. The zero-order chi connectivity index (χ0) is 31.0. The van der Waals surface area contributed by atoms with Crippen molar-refractivity contribution in [1.82, 2.24) is 10.2 Å². The number of benzene rings is 2. The molecule has 2 fully saturated rings. The van der Waals surface area contributed by atoms with Gasteiger partial charge in [-0.3, -0.25) is 4.90 Å². The number of aryl methyl sites for hydroxylation is 1. The van der Waals surface area contributed by atoms with Gasteiger partial charge in [0.1, 0.15) is 17.2 Å². The summed E-state index contributed by atoms with van der Waals surface area (Å²) in [6.07, 6.45) is 5.46. The largest absolute Gasteiger partial charge is 0.491 e. The summed E-state index contributed by atoms with van der Waals surface area (Å²) in [7, 11) is 0. The average molecular weight is 593 g/mol. The van der Waals surface area contributed by atoms with E-state index in [1.54, 1.807) is 6.07 Å². The molecular weight excluding hydrogens is 543 g/mol. The molecule has 1 amide bonds. The lowest BCUT2D eigenvalue weighted by atomic mass is 9.75. The molecule has 43 heavy (non-hydrogen) atoms. The summed E-state index contributed by atoms with van der Waals surface area (Å²) in [5.41, 5.74) is 2.42. The molecule has 0 saturated carbocycles. The number of alkyl carbamates (subject to hydrolysis) is 1. The second-order valence-electron chi connectivity index (χ2n) is 13.5. The highest BCUT2D eigenvalue weighted by atomic mass is 19.1. The summed E-state index contributed by atoms with van der Waals surface area (Å²) in [5, 5.41) is 13.2. The van der Waals surface area contributed by atoms with Crippen molar-refractivity contribution in [3.63, 3.8) is 0 Å². The first-order valence-corrected chi connectivity index (χ1v) is 15.9. The molecule has 0 aliphatic carbocycles. The SMILES string of the molecule is CC(C)Oc1cccc(CN2CCC(C#N)(CCCc3cc(F)ccc3N3CCC(NC(=O)OC(C)(C)C)CC3)CC2)c1. The molecular formula is C35H49FN4O3. The van der Waals surface area contributed by atoms with E-state index in [-0.39, 0.29) is 29.5 Å². The molecule has 7 nitrogen and oxygen atoms in total. The quantitative estimate of drug-likeness (QED) is 0.314. The Bertz CT molecular complexity index is 1250. The molecule has 1 N–H and O–H groups in total. The number of nitrogens with zero attached hydrogens (tertiary/aromatic N) is 3. The van der Waals surface area contributed by atoms with Crippen LogP contribution < -0.4 is 15.0 Å². The predicted molar refractivity (Wildman–Crippen MR) is 169 cm³/mol. The van der Waals surface area contributed by atoms with Crippen LogP contribution in [0.5, 0.6) is 5.75 Å². The van der Waals surface area contributed by atoms with Gasteiger partial charge in [0.15, 0.2) is 0 Å². The van der Waals surface area contributed by atoms with Gasteiger partial charge >= 0.3 is 6.09 Å². The van der Waals surface area contributed by atoms with Crippen LogP contribution in [-0.4, -0.2) is 54.9 Å². The Labute approximate surface area is 257 Å². The van der Waals surface area contributed by atoms with Crippen LogP contribution in [0.15, 0.2) is 42.5 Å². The minimum absolute atomic E-state index is 0.0636. The molecule has 0 unspecified atom stereocenters.